The summed E-state index contributed by atoms with van der Waals surface area (Å²) in [5, 5.41) is 20.6. The fraction of sp³-hybridized carbons (Fsp3) is 0.857. The fourth-order valence-corrected chi connectivity index (χ4v) is 10.7. The molecule has 0 unspecified atom stereocenters. The highest BCUT2D eigenvalue weighted by atomic mass is 16.5. The minimum atomic E-state index is -0.830. The van der Waals surface area contributed by atoms with E-state index in [9.17, 15) is 24.6 Å². The molecule has 0 spiro atoms. The van der Waals surface area contributed by atoms with E-state index in [1.807, 2.05) is 0 Å². The van der Waals surface area contributed by atoms with Crippen LogP contribution >= 0.6 is 0 Å². The molecule has 2 fully saturated rings. The van der Waals surface area contributed by atoms with Crippen LogP contribution in [0.15, 0.2) is 11.1 Å². The van der Waals surface area contributed by atoms with Crippen LogP contribution in [0.3, 0.4) is 0 Å². The van der Waals surface area contributed by atoms with Crippen molar-refractivity contribution in [3.05, 3.63) is 11.1 Å². The molecule has 9 atom stereocenters. The molecule has 0 saturated heterocycles. The Morgan fingerprint density at radius 3 is 2.10 bits per heavy atom. The first-order chi connectivity index (χ1) is 19.4. The summed E-state index contributed by atoms with van der Waals surface area (Å²) in [6.07, 6.45) is 6.72. The van der Waals surface area contributed by atoms with Gasteiger partial charge in [0.25, 0.3) is 0 Å². The maximum absolute atomic E-state index is 13.0. The number of rotatable bonds is 9. The van der Waals surface area contributed by atoms with Gasteiger partial charge in [-0.2, -0.15) is 0 Å². The summed E-state index contributed by atoms with van der Waals surface area (Å²) < 4.78 is 11.9. The average molecular weight is 589 g/mol. The summed E-state index contributed by atoms with van der Waals surface area (Å²) in [4.78, 5) is 37.3. The third-order valence-corrected chi connectivity index (χ3v) is 13.1. The zero-order chi connectivity index (χ0) is 31.4. The van der Waals surface area contributed by atoms with Crippen molar-refractivity contribution in [1.29, 1.82) is 0 Å². The van der Waals surface area contributed by atoms with Crippen LogP contribution in [0.25, 0.3) is 0 Å². The first-order valence-electron chi connectivity index (χ1n) is 16.3. The van der Waals surface area contributed by atoms with Gasteiger partial charge in [0.05, 0.1) is 5.92 Å². The number of aliphatic hydroxyl groups excluding tert-OH is 1. The number of fused-ring (bicyclic) bond motifs is 4. The summed E-state index contributed by atoms with van der Waals surface area (Å²) in [6, 6.07) is 0. The Morgan fingerprint density at radius 1 is 0.905 bits per heavy atom. The summed E-state index contributed by atoms with van der Waals surface area (Å²) in [5.41, 5.74) is 2.22. The number of ether oxygens (including phenoxy) is 2. The molecule has 7 heteroatoms. The molecule has 42 heavy (non-hydrogen) atoms. The van der Waals surface area contributed by atoms with Crippen molar-refractivity contribution in [2.75, 3.05) is 6.61 Å². The molecule has 0 aromatic heterocycles. The van der Waals surface area contributed by atoms with Gasteiger partial charge in [-0.15, -0.1) is 0 Å². The molecule has 0 aromatic rings. The number of hydrogen-bond donors (Lipinski definition) is 2. The first-order valence-corrected chi connectivity index (χ1v) is 16.3. The molecular weight excluding hydrogens is 532 g/mol. The van der Waals surface area contributed by atoms with Gasteiger partial charge in [-0.25, -0.2) is 0 Å². The van der Waals surface area contributed by atoms with E-state index in [1.165, 1.54) is 25.0 Å². The average Bonchev–Trinajstić information content (AvgIpc) is 3.09. The van der Waals surface area contributed by atoms with Crippen LogP contribution in [0.1, 0.15) is 120 Å². The van der Waals surface area contributed by atoms with E-state index in [4.69, 9.17) is 9.47 Å². The summed E-state index contributed by atoms with van der Waals surface area (Å²) in [6.45, 7) is 18.6. The molecule has 2 saturated carbocycles. The topological polar surface area (TPSA) is 110 Å². The molecule has 0 aromatic carbocycles. The Kier molecular flexibility index (Phi) is 9.08. The second kappa shape index (κ2) is 11.6. The lowest BCUT2D eigenvalue weighted by Gasteiger charge is -2.62. The predicted octanol–water partition coefficient (Wildman–Crippen LogP) is 6.95. The van der Waals surface area contributed by atoms with Gasteiger partial charge < -0.3 is 19.7 Å². The molecule has 0 amide bonds. The zero-order valence-corrected chi connectivity index (χ0v) is 27.5. The Bertz CT molecular complexity index is 1110. The Labute approximate surface area is 253 Å². The highest BCUT2D eigenvalue weighted by Crippen LogP contribution is 2.73. The van der Waals surface area contributed by atoms with Crippen LogP contribution in [0, 0.1) is 51.2 Å². The van der Waals surface area contributed by atoms with Crippen LogP contribution in [-0.2, 0) is 23.9 Å². The summed E-state index contributed by atoms with van der Waals surface area (Å²) in [5.74, 6) is -1.66. The van der Waals surface area contributed by atoms with Crippen molar-refractivity contribution in [2.45, 2.75) is 132 Å². The minimum absolute atomic E-state index is 0.00903. The van der Waals surface area contributed by atoms with Crippen molar-refractivity contribution in [3.63, 3.8) is 0 Å². The molecule has 238 valence electrons. The normalized spacial score (nSPS) is 38.6. The predicted molar refractivity (Wildman–Crippen MR) is 161 cm³/mol. The lowest BCUT2D eigenvalue weighted by molar-refractivity contribution is -0.167. The molecule has 0 radical (unpaired) electrons. The summed E-state index contributed by atoms with van der Waals surface area (Å²) >= 11 is 0. The highest BCUT2D eigenvalue weighted by Gasteiger charge is 2.68. The van der Waals surface area contributed by atoms with Gasteiger partial charge in [0.2, 0.25) is 0 Å². The number of aliphatic carboxylic acids is 1. The monoisotopic (exact) mass is 588 g/mol. The van der Waals surface area contributed by atoms with Crippen molar-refractivity contribution >= 4 is 17.9 Å². The number of carbonyl (C=O) groups is 3. The second-order valence-electron chi connectivity index (χ2n) is 15.8. The SMILES string of the molecule is CC(=O)O[C@@H]1C[C@@]2(C)C3=C(CC[C@]2(C)[C@H]1[C@@H](CC[C@H](CO)C(C)C)C(=O)O)[C@]1(C)CC[C@@H](OC(C)=O)C(C)(C)[C@H]1CC3. The lowest BCUT2D eigenvalue weighted by atomic mass is 9.43. The van der Waals surface area contributed by atoms with Gasteiger partial charge in [-0.1, -0.05) is 59.6 Å². The maximum Gasteiger partial charge on any atom is 0.306 e. The van der Waals surface area contributed by atoms with E-state index < -0.39 is 18.0 Å². The van der Waals surface area contributed by atoms with E-state index in [-0.39, 0.29) is 64.1 Å². The molecule has 2 N–H and O–H groups in total. The van der Waals surface area contributed by atoms with Gasteiger partial charge >= 0.3 is 17.9 Å². The number of hydrogen-bond acceptors (Lipinski definition) is 6. The maximum atomic E-state index is 13.0. The van der Waals surface area contributed by atoms with Crippen molar-refractivity contribution in [2.24, 2.45) is 51.2 Å². The largest absolute Gasteiger partial charge is 0.481 e. The van der Waals surface area contributed by atoms with Crippen molar-refractivity contribution < 1.29 is 34.1 Å². The van der Waals surface area contributed by atoms with Crippen LogP contribution in [-0.4, -0.2) is 46.9 Å². The van der Waals surface area contributed by atoms with Gasteiger partial charge in [0.1, 0.15) is 12.2 Å². The number of aliphatic hydroxyl groups is 1. The van der Waals surface area contributed by atoms with Gasteiger partial charge in [0.15, 0.2) is 0 Å². The van der Waals surface area contributed by atoms with Gasteiger partial charge in [-0.3, -0.25) is 14.4 Å². The van der Waals surface area contributed by atoms with Gasteiger partial charge in [0, 0.05) is 31.8 Å². The quantitative estimate of drug-likeness (QED) is 0.221. The Morgan fingerprint density at radius 2 is 1.55 bits per heavy atom. The Balaban J connectivity index is 1.75. The van der Waals surface area contributed by atoms with Crippen LogP contribution < -0.4 is 0 Å². The van der Waals surface area contributed by atoms with Crippen molar-refractivity contribution in [3.8, 4) is 0 Å². The van der Waals surface area contributed by atoms with E-state index in [1.54, 1.807) is 0 Å². The van der Waals surface area contributed by atoms with Crippen molar-refractivity contribution in [1.82, 2.24) is 0 Å². The van der Waals surface area contributed by atoms with Crippen LogP contribution in [0.5, 0.6) is 0 Å². The Hall–Kier alpha value is -1.89. The standard InChI is InChI=1S/C35H56O7/c1-20(2)23(19-36)10-11-24(31(39)40)30-27(41-21(3)37)18-35(9)26-12-13-28-32(5,6)29(42-22(4)38)15-16-33(28,7)25(26)14-17-34(30,35)8/h20,23-24,27-30,36H,10-19H2,1-9H3,(H,39,40)/t23-,24-,27-,28-,29-,30+,33+,34-,35+/m1/s1. The molecule has 0 heterocycles. The van der Waals surface area contributed by atoms with E-state index in [2.05, 4.69) is 48.5 Å². The molecule has 4 aliphatic carbocycles. The van der Waals surface area contributed by atoms with E-state index in [0.717, 1.165) is 38.5 Å². The lowest BCUT2D eigenvalue weighted by Crippen LogP contribution is -2.56. The van der Waals surface area contributed by atoms with E-state index in [0.29, 0.717) is 25.2 Å². The molecular formula is C35H56O7. The number of carboxylic acid groups (broad SMARTS) is 1. The summed E-state index contributed by atoms with van der Waals surface area (Å²) in [7, 11) is 0. The molecule has 0 bridgehead atoms. The number of allylic oxidation sites excluding steroid dienone is 2. The van der Waals surface area contributed by atoms with E-state index >= 15 is 0 Å². The number of esters is 2. The zero-order valence-electron chi connectivity index (χ0n) is 27.5. The number of carbonyl (C=O) groups excluding carboxylic acids is 2. The third-order valence-electron chi connectivity index (χ3n) is 13.1. The molecule has 7 nitrogen and oxygen atoms in total. The second-order valence-corrected chi connectivity index (χ2v) is 15.8. The van der Waals surface area contributed by atoms with Crippen LogP contribution in [0.4, 0.5) is 0 Å². The smallest absolute Gasteiger partial charge is 0.306 e. The van der Waals surface area contributed by atoms with Gasteiger partial charge in [-0.05, 0) is 91.8 Å². The minimum Gasteiger partial charge on any atom is -0.481 e. The third kappa shape index (κ3) is 5.24. The van der Waals surface area contributed by atoms with Crippen LogP contribution in [0.2, 0.25) is 0 Å². The highest BCUT2D eigenvalue weighted by molar-refractivity contribution is 5.71. The molecule has 4 rings (SSSR count). The fourth-order valence-electron chi connectivity index (χ4n) is 10.7. The molecule has 4 aliphatic rings. The molecule has 0 aliphatic heterocycles. The number of carboxylic acids is 1. The first kappa shape index (κ1) is 33.0.